The summed E-state index contributed by atoms with van der Waals surface area (Å²) in [5, 5.41) is 11.4. The summed E-state index contributed by atoms with van der Waals surface area (Å²) in [5.74, 6) is 2.87. The number of fused-ring (bicyclic) bond motifs is 1. The number of thioether (sulfide) groups is 1. The van der Waals surface area contributed by atoms with Crippen LogP contribution in [0.15, 0.2) is 24.4 Å². The lowest BCUT2D eigenvalue weighted by atomic mass is 10.2. The molecule has 2 unspecified atom stereocenters. The summed E-state index contributed by atoms with van der Waals surface area (Å²) in [6.45, 7) is 4.85. The molecule has 2 atom stereocenters. The van der Waals surface area contributed by atoms with Gasteiger partial charge in [-0.1, -0.05) is 6.07 Å². The van der Waals surface area contributed by atoms with Crippen LogP contribution >= 0.6 is 11.8 Å². The first-order valence-corrected chi connectivity index (χ1v) is 8.77. The first-order chi connectivity index (χ1) is 10.7. The van der Waals surface area contributed by atoms with Gasteiger partial charge in [-0.25, -0.2) is 4.79 Å². The standard InChI is InChI=1S/C15H21N5OS/c1-11-6-9-22-10-8-19(11)15(21)16-12(2)14-18-17-13-5-3-4-7-20(13)14/h3-5,7,11-12H,6,8-10H2,1-2H3,(H,16,21). The minimum absolute atomic E-state index is 0.0184. The molecule has 22 heavy (non-hydrogen) atoms. The molecule has 1 aliphatic heterocycles. The largest absolute Gasteiger partial charge is 0.328 e. The number of pyridine rings is 1. The minimum Gasteiger partial charge on any atom is -0.328 e. The van der Waals surface area contributed by atoms with Gasteiger partial charge < -0.3 is 10.2 Å². The summed E-state index contributed by atoms with van der Waals surface area (Å²) in [5.41, 5.74) is 0.790. The molecule has 7 heteroatoms. The van der Waals surface area contributed by atoms with E-state index in [1.54, 1.807) is 0 Å². The second-order valence-electron chi connectivity index (χ2n) is 5.60. The van der Waals surface area contributed by atoms with Crippen molar-refractivity contribution in [3.8, 4) is 0 Å². The topological polar surface area (TPSA) is 62.5 Å². The Kier molecular flexibility index (Phi) is 4.52. The van der Waals surface area contributed by atoms with Crippen molar-refractivity contribution in [2.45, 2.75) is 32.4 Å². The van der Waals surface area contributed by atoms with Crippen molar-refractivity contribution in [2.24, 2.45) is 0 Å². The molecule has 0 bridgehead atoms. The van der Waals surface area contributed by atoms with Crippen molar-refractivity contribution < 1.29 is 4.79 Å². The lowest BCUT2D eigenvalue weighted by molar-refractivity contribution is 0.179. The van der Waals surface area contributed by atoms with E-state index in [9.17, 15) is 4.79 Å². The summed E-state index contributed by atoms with van der Waals surface area (Å²) in [4.78, 5) is 14.5. The van der Waals surface area contributed by atoms with E-state index >= 15 is 0 Å². The third kappa shape index (κ3) is 3.04. The molecule has 0 spiro atoms. The highest BCUT2D eigenvalue weighted by atomic mass is 32.2. The van der Waals surface area contributed by atoms with Gasteiger partial charge in [-0.2, -0.15) is 11.8 Å². The lowest BCUT2D eigenvalue weighted by Gasteiger charge is -2.28. The Morgan fingerprint density at radius 2 is 2.27 bits per heavy atom. The second-order valence-corrected chi connectivity index (χ2v) is 6.83. The molecule has 1 fully saturated rings. The molecule has 0 radical (unpaired) electrons. The second kappa shape index (κ2) is 6.56. The molecule has 2 aromatic rings. The molecule has 1 aliphatic rings. The van der Waals surface area contributed by atoms with Gasteiger partial charge in [0.2, 0.25) is 0 Å². The van der Waals surface area contributed by atoms with Crippen molar-refractivity contribution >= 4 is 23.4 Å². The van der Waals surface area contributed by atoms with Crippen LogP contribution < -0.4 is 5.32 Å². The molecule has 6 nitrogen and oxygen atoms in total. The zero-order chi connectivity index (χ0) is 15.5. The van der Waals surface area contributed by atoms with E-state index < -0.39 is 0 Å². The van der Waals surface area contributed by atoms with Crippen LogP contribution in [0.4, 0.5) is 4.79 Å². The average molecular weight is 319 g/mol. The maximum Gasteiger partial charge on any atom is 0.318 e. The van der Waals surface area contributed by atoms with E-state index in [1.807, 2.05) is 52.4 Å². The smallest absolute Gasteiger partial charge is 0.318 e. The van der Waals surface area contributed by atoms with Gasteiger partial charge >= 0.3 is 6.03 Å². The number of amides is 2. The summed E-state index contributed by atoms with van der Waals surface area (Å²) < 4.78 is 1.91. The van der Waals surface area contributed by atoms with Gasteiger partial charge in [-0.05, 0) is 38.2 Å². The van der Waals surface area contributed by atoms with Crippen LogP contribution in [0.5, 0.6) is 0 Å². The SMILES string of the molecule is CC(NC(=O)N1CCSCCC1C)c1nnc2ccccn12. The number of nitrogens with one attached hydrogen (secondary N) is 1. The summed E-state index contributed by atoms with van der Waals surface area (Å²) >= 11 is 1.91. The van der Waals surface area contributed by atoms with Crippen molar-refractivity contribution in [1.82, 2.24) is 24.8 Å². The van der Waals surface area contributed by atoms with Crippen molar-refractivity contribution in [3.05, 3.63) is 30.2 Å². The highest BCUT2D eigenvalue weighted by Crippen LogP contribution is 2.17. The molecular weight excluding hydrogens is 298 g/mol. The van der Waals surface area contributed by atoms with Gasteiger partial charge in [-0.3, -0.25) is 4.40 Å². The van der Waals surface area contributed by atoms with Gasteiger partial charge in [0.1, 0.15) is 0 Å². The zero-order valence-electron chi connectivity index (χ0n) is 12.9. The zero-order valence-corrected chi connectivity index (χ0v) is 13.7. The van der Waals surface area contributed by atoms with Crippen LogP contribution in [0.25, 0.3) is 5.65 Å². The highest BCUT2D eigenvalue weighted by molar-refractivity contribution is 7.99. The Morgan fingerprint density at radius 3 is 3.14 bits per heavy atom. The fourth-order valence-electron chi connectivity index (χ4n) is 2.68. The van der Waals surface area contributed by atoms with Crippen LogP contribution in [0.3, 0.4) is 0 Å². The highest BCUT2D eigenvalue weighted by Gasteiger charge is 2.24. The van der Waals surface area contributed by atoms with E-state index in [0.29, 0.717) is 0 Å². The molecular formula is C15H21N5OS. The van der Waals surface area contributed by atoms with Gasteiger partial charge in [0.15, 0.2) is 11.5 Å². The molecule has 3 rings (SSSR count). The number of carbonyl (C=O) groups is 1. The molecule has 3 heterocycles. The molecule has 1 saturated heterocycles. The Balaban J connectivity index is 1.73. The van der Waals surface area contributed by atoms with Crippen LogP contribution in [-0.2, 0) is 0 Å². The predicted molar refractivity (Wildman–Crippen MR) is 88.0 cm³/mol. The van der Waals surface area contributed by atoms with Crippen LogP contribution in [-0.4, -0.2) is 49.6 Å². The quantitative estimate of drug-likeness (QED) is 0.923. The molecule has 1 N–H and O–H groups in total. The van der Waals surface area contributed by atoms with E-state index in [-0.39, 0.29) is 18.1 Å². The molecule has 0 aromatic carbocycles. The van der Waals surface area contributed by atoms with E-state index in [4.69, 9.17) is 0 Å². The fraction of sp³-hybridized carbons (Fsp3) is 0.533. The number of carbonyl (C=O) groups excluding carboxylic acids is 1. The first kappa shape index (κ1) is 15.1. The summed E-state index contributed by atoms with van der Waals surface area (Å²) in [6, 6.07) is 5.83. The van der Waals surface area contributed by atoms with E-state index in [1.165, 1.54) is 0 Å². The third-order valence-electron chi connectivity index (χ3n) is 4.02. The fourth-order valence-corrected chi connectivity index (χ4v) is 3.72. The summed E-state index contributed by atoms with van der Waals surface area (Å²) in [6.07, 6.45) is 2.96. The first-order valence-electron chi connectivity index (χ1n) is 7.61. The lowest BCUT2D eigenvalue weighted by Crippen LogP contribution is -2.46. The normalized spacial score (nSPS) is 20.6. The van der Waals surface area contributed by atoms with Gasteiger partial charge in [0.05, 0.1) is 6.04 Å². The third-order valence-corrected chi connectivity index (χ3v) is 5.01. The van der Waals surface area contributed by atoms with Crippen molar-refractivity contribution in [2.75, 3.05) is 18.1 Å². The number of nitrogens with zero attached hydrogens (tertiary/aromatic N) is 4. The van der Waals surface area contributed by atoms with E-state index in [2.05, 4.69) is 22.4 Å². The molecule has 118 valence electrons. The molecule has 2 aromatic heterocycles. The van der Waals surface area contributed by atoms with Crippen molar-refractivity contribution in [1.29, 1.82) is 0 Å². The Hall–Kier alpha value is -1.76. The predicted octanol–water partition coefficient (Wildman–Crippen LogP) is 2.33. The summed E-state index contributed by atoms with van der Waals surface area (Å²) in [7, 11) is 0. The Morgan fingerprint density at radius 1 is 1.41 bits per heavy atom. The molecule has 2 amide bonds. The van der Waals surface area contributed by atoms with Crippen LogP contribution in [0.2, 0.25) is 0 Å². The van der Waals surface area contributed by atoms with Crippen LogP contribution in [0, 0.1) is 0 Å². The Bertz CT molecular complexity index is 658. The van der Waals surface area contributed by atoms with Crippen molar-refractivity contribution in [3.63, 3.8) is 0 Å². The minimum atomic E-state index is -0.187. The maximum atomic E-state index is 12.6. The maximum absolute atomic E-state index is 12.6. The monoisotopic (exact) mass is 319 g/mol. The number of hydrogen-bond acceptors (Lipinski definition) is 4. The number of hydrogen-bond donors (Lipinski definition) is 1. The van der Waals surface area contributed by atoms with E-state index in [0.717, 1.165) is 35.9 Å². The Labute approximate surface area is 134 Å². The average Bonchev–Trinajstić information content (AvgIpc) is 2.82. The van der Waals surface area contributed by atoms with Gasteiger partial charge in [0, 0.05) is 24.5 Å². The van der Waals surface area contributed by atoms with Crippen LogP contribution in [0.1, 0.15) is 32.1 Å². The number of rotatable bonds is 2. The number of aromatic nitrogens is 3. The number of urea groups is 1. The van der Waals surface area contributed by atoms with Gasteiger partial charge in [-0.15, -0.1) is 10.2 Å². The molecule has 0 saturated carbocycles. The molecule has 0 aliphatic carbocycles. The van der Waals surface area contributed by atoms with Gasteiger partial charge in [0.25, 0.3) is 0 Å².